The number of nitrogens with zero attached hydrogens (tertiary/aromatic N) is 3. The fourth-order valence-corrected chi connectivity index (χ4v) is 3.72. The van der Waals surface area contributed by atoms with E-state index in [1.54, 1.807) is 7.11 Å². The molecule has 0 radical (unpaired) electrons. The van der Waals surface area contributed by atoms with E-state index in [1.165, 1.54) is 5.69 Å². The first-order valence-corrected chi connectivity index (χ1v) is 9.17. The molecule has 6 heteroatoms. The largest absolute Gasteiger partial charge is 0.497 e. The Morgan fingerprint density at radius 2 is 2.04 bits per heavy atom. The third-order valence-electron chi connectivity index (χ3n) is 4.57. The lowest BCUT2D eigenvalue weighted by atomic mass is 10.0. The minimum atomic E-state index is -0.321. The molecule has 0 saturated carbocycles. The summed E-state index contributed by atoms with van der Waals surface area (Å²) in [6.07, 6.45) is 1.92. The predicted molar refractivity (Wildman–Crippen MR) is 103 cm³/mol. The van der Waals surface area contributed by atoms with Crippen molar-refractivity contribution in [2.24, 2.45) is 0 Å². The van der Waals surface area contributed by atoms with Crippen LogP contribution < -0.4 is 9.64 Å². The molecule has 1 aromatic rings. The Morgan fingerprint density at radius 1 is 1.35 bits per heavy atom. The highest BCUT2D eigenvalue weighted by Gasteiger charge is 2.25. The Balaban J connectivity index is 1.78. The normalized spacial score (nSPS) is 18.2. The maximum absolute atomic E-state index is 9.64. The van der Waals surface area contributed by atoms with Crippen LogP contribution in [-0.4, -0.2) is 65.7 Å². The van der Waals surface area contributed by atoms with Crippen molar-refractivity contribution in [3.63, 3.8) is 0 Å². The lowest BCUT2D eigenvalue weighted by Gasteiger charge is -2.37. The molecule has 0 amide bonds. The second-order valence-corrected chi connectivity index (χ2v) is 7.38. The highest BCUT2D eigenvalue weighted by atomic mass is 127. The summed E-state index contributed by atoms with van der Waals surface area (Å²) < 4.78 is 7.72. The number of likely N-dealkylation sites (tertiary alicyclic amines) is 1. The topological polar surface area (TPSA) is 39.2 Å². The SMILES string of the molecule is COc1cccc(N(C)CCN(I)C2CCN([C@H](C)O)CC2)c1. The van der Waals surface area contributed by atoms with Crippen molar-refractivity contribution in [3.05, 3.63) is 24.3 Å². The summed E-state index contributed by atoms with van der Waals surface area (Å²) in [4.78, 5) is 4.41. The molecule has 1 aromatic carbocycles. The van der Waals surface area contributed by atoms with Crippen LogP contribution in [0.25, 0.3) is 0 Å². The number of ether oxygens (including phenoxy) is 1. The van der Waals surface area contributed by atoms with Crippen LogP contribution in [0, 0.1) is 0 Å². The van der Waals surface area contributed by atoms with Gasteiger partial charge in [-0.2, -0.15) is 0 Å². The smallest absolute Gasteiger partial charge is 0.120 e. The maximum atomic E-state index is 9.64. The average Bonchev–Trinajstić information content (AvgIpc) is 2.59. The van der Waals surface area contributed by atoms with Crippen LogP contribution in [0.5, 0.6) is 5.75 Å². The van der Waals surface area contributed by atoms with Crippen molar-refractivity contribution in [1.29, 1.82) is 0 Å². The van der Waals surface area contributed by atoms with Crippen molar-refractivity contribution in [2.45, 2.75) is 32.0 Å². The van der Waals surface area contributed by atoms with E-state index < -0.39 is 0 Å². The number of rotatable bonds is 7. The summed E-state index contributed by atoms with van der Waals surface area (Å²) >= 11 is 2.45. The maximum Gasteiger partial charge on any atom is 0.120 e. The molecule has 1 aliphatic heterocycles. The van der Waals surface area contributed by atoms with Gasteiger partial charge < -0.3 is 14.7 Å². The molecule has 1 aliphatic rings. The van der Waals surface area contributed by atoms with Crippen molar-refractivity contribution < 1.29 is 9.84 Å². The van der Waals surface area contributed by atoms with Gasteiger partial charge in [0.15, 0.2) is 0 Å². The number of aliphatic hydroxyl groups excluding tert-OH is 1. The van der Waals surface area contributed by atoms with E-state index in [-0.39, 0.29) is 6.23 Å². The summed E-state index contributed by atoms with van der Waals surface area (Å²) in [5.74, 6) is 0.895. The van der Waals surface area contributed by atoms with Gasteiger partial charge in [0.1, 0.15) is 12.0 Å². The summed E-state index contributed by atoms with van der Waals surface area (Å²) in [5.41, 5.74) is 1.18. The van der Waals surface area contributed by atoms with Crippen LogP contribution in [0.4, 0.5) is 5.69 Å². The lowest BCUT2D eigenvalue weighted by molar-refractivity contribution is -0.00278. The second-order valence-electron chi connectivity index (χ2n) is 6.15. The van der Waals surface area contributed by atoms with Crippen molar-refractivity contribution >= 4 is 28.6 Å². The fourth-order valence-electron chi connectivity index (χ4n) is 2.94. The summed E-state index contributed by atoms with van der Waals surface area (Å²) in [6.45, 7) is 5.81. The third kappa shape index (κ3) is 5.48. The highest BCUT2D eigenvalue weighted by molar-refractivity contribution is 14.1. The van der Waals surface area contributed by atoms with Gasteiger partial charge in [-0.1, -0.05) is 6.07 Å². The zero-order valence-corrected chi connectivity index (χ0v) is 16.4. The number of benzene rings is 1. The number of anilines is 1. The van der Waals surface area contributed by atoms with Gasteiger partial charge in [0.2, 0.25) is 0 Å². The van der Waals surface area contributed by atoms with Crippen LogP contribution in [0.3, 0.4) is 0 Å². The van der Waals surface area contributed by atoms with Gasteiger partial charge >= 0.3 is 0 Å². The van der Waals surface area contributed by atoms with Crippen LogP contribution >= 0.6 is 22.9 Å². The monoisotopic (exact) mass is 433 g/mol. The fraction of sp³-hybridized carbons (Fsp3) is 0.647. The molecule has 1 saturated heterocycles. The molecular weight excluding hydrogens is 405 g/mol. The summed E-state index contributed by atoms with van der Waals surface area (Å²) in [6, 6.07) is 8.78. The van der Waals surface area contributed by atoms with Gasteiger partial charge in [-0.15, -0.1) is 0 Å². The molecule has 0 aromatic heterocycles. The number of aliphatic hydroxyl groups is 1. The zero-order chi connectivity index (χ0) is 16.8. The van der Waals surface area contributed by atoms with E-state index in [0.717, 1.165) is 44.8 Å². The van der Waals surface area contributed by atoms with Crippen molar-refractivity contribution in [1.82, 2.24) is 8.01 Å². The molecule has 0 bridgehead atoms. The molecule has 1 fully saturated rings. The van der Waals surface area contributed by atoms with Crippen LogP contribution in [0.2, 0.25) is 0 Å². The number of methoxy groups -OCH3 is 1. The van der Waals surface area contributed by atoms with Crippen LogP contribution in [0.15, 0.2) is 24.3 Å². The molecule has 0 unspecified atom stereocenters. The van der Waals surface area contributed by atoms with Gasteiger partial charge in [0.05, 0.1) is 7.11 Å². The third-order valence-corrected chi connectivity index (χ3v) is 5.84. The predicted octanol–water partition coefficient (Wildman–Crippen LogP) is 2.59. The average molecular weight is 433 g/mol. The van der Waals surface area contributed by atoms with Gasteiger partial charge in [-0.25, -0.2) is 3.11 Å². The molecule has 1 N–H and O–H groups in total. The number of piperidine rings is 1. The van der Waals surface area contributed by atoms with Crippen molar-refractivity contribution in [2.75, 3.05) is 45.2 Å². The molecule has 2 rings (SSSR count). The Kier molecular flexibility index (Phi) is 7.39. The van der Waals surface area contributed by atoms with Gasteiger partial charge in [-0.3, -0.25) is 4.90 Å². The van der Waals surface area contributed by atoms with E-state index in [2.05, 4.69) is 55.0 Å². The van der Waals surface area contributed by atoms with Gasteiger partial charge in [-0.05, 0) is 31.9 Å². The molecule has 0 aliphatic carbocycles. The summed E-state index contributed by atoms with van der Waals surface area (Å²) in [7, 11) is 3.82. The molecular formula is C17H28IN3O2. The number of hydrogen-bond donors (Lipinski definition) is 1. The van der Waals surface area contributed by atoms with E-state index in [4.69, 9.17) is 4.74 Å². The lowest BCUT2D eigenvalue weighted by Crippen LogP contribution is -2.45. The van der Waals surface area contributed by atoms with Gasteiger partial charge in [0, 0.05) is 73.9 Å². The molecule has 0 spiro atoms. The highest BCUT2D eigenvalue weighted by Crippen LogP contribution is 2.22. The minimum absolute atomic E-state index is 0.321. The first-order valence-electron chi connectivity index (χ1n) is 8.21. The van der Waals surface area contributed by atoms with Gasteiger partial charge in [0.25, 0.3) is 0 Å². The molecule has 130 valence electrons. The standard InChI is InChI=1S/C17H28IN3O2/c1-14(22)20-9-7-15(8-10-20)21(18)12-11-19(2)16-5-4-6-17(13-16)23-3/h4-6,13-15,22H,7-12H2,1-3H3/t14-/m0/s1. The van der Waals surface area contributed by atoms with E-state index in [0.29, 0.717) is 6.04 Å². The first kappa shape index (κ1) is 18.8. The Morgan fingerprint density at radius 3 is 2.65 bits per heavy atom. The number of hydrogen-bond acceptors (Lipinski definition) is 5. The molecule has 23 heavy (non-hydrogen) atoms. The van der Waals surface area contributed by atoms with E-state index in [9.17, 15) is 5.11 Å². The van der Waals surface area contributed by atoms with Crippen LogP contribution in [0.1, 0.15) is 19.8 Å². The molecule has 1 atom stereocenters. The number of halogens is 1. The van der Waals surface area contributed by atoms with Crippen molar-refractivity contribution in [3.8, 4) is 5.75 Å². The zero-order valence-electron chi connectivity index (χ0n) is 14.3. The minimum Gasteiger partial charge on any atom is -0.497 e. The number of likely N-dealkylation sites (N-methyl/N-ethyl adjacent to an activating group) is 1. The first-order chi connectivity index (χ1) is 11.0. The Hall–Kier alpha value is -0.570. The molecule has 1 heterocycles. The quantitative estimate of drug-likeness (QED) is 0.529. The second kappa shape index (κ2) is 9.05. The summed E-state index contributed by atoms with van der Waals surface area (Å²) in [5, 5.41) is 9.64. The Bertz CT molecular complexity index is 479. The Labute approximate surface area is 153 Å². The van der Waals surface area contributed by atoms with E-state index >= 15 is 0 Å². The van der Waals surface area contributed by atoms with Crippen LogP contribution in [-0.2, 0) is 0 Å². The molecule has 5 nitrogen and oxygen atoms in total. The van der Waals surface area contributed by atoms with E-state index in [1.807, 2.05) is 19.1 Å².